The predicted octanol–water partition coefficient (Wildman–Crippen LogP) is 5.93. The molecule has 154 valence electrons. The first kappa shape index (κ1) is 20.4. The van der Waals surface area contributed by atoms with Gasteiger partial charge in [-0.1, -0.05) is 37.1 Å². The van der Waals surface area contributed by atoms with Crippen molar-refractivity contribution in [1.82, 2.24) is 5.32 Å². The van der Waals surface area contributed by atoms with E-state index in [1.54, 1.807) is 0 Å². The molecule has 0 bridgehead atoms. The second-order valence-corrected chi connectivity index (χ2v) is 9.26. The van der Waals surface area contributed by atoms with Crippen molar-refractivity contribution in [1.29, 1.82) is 0 Å². The lowest BCUT2D eigenvalue weighted by Gasteiger charge is -2.52. The third-order valence-corrected chi connectivity index (χ3v) is 6.82. The molecule has 3 nitrogen and oxygen atoms in total. The third kappa shape index (κ3) is 4.34. The number of benzene rings is 2. The van der Waals surface area contributed by atoms with Crippen LogP contribution in [0.4, 0.5) is 4.39 Å². The van der Waals surface area contributed by atoms with E-state index in [0.717, 1.165) is 24.8 Å². The first-order valence-corrected chi connectivity index (χ1v) is 10.7. The number of hydrogen-bond acceptors (Lipinski definition) is 2. The highest BCUT2D eigenvalue weighted by atomic mass is 35.5. The molecule has 4 rings (SSSR count). The van der Waals surface area contributed by atoms with E-state index in [0.29, 0.717) is 22.9 Å². The van der Waals surface area contributed by atoms with Gasteiger partial charge in [0.1, 0.15) is 5.82 Å². The van der Waals surface area contributed by atoms with E-state index in [2.05, 4.69) is 19.2 Å². The summed E-state index contributed by atoms with van der Waals surface area (Å²) < 4.78 is 19.8. The number of fused-ring (bicyclic) bond motifs is 1. The smallest absolute Gasteiger partial charge is 0.251 e. The summed E-state index contributed by atoms with van der Waals surface area (Å²) in [6, 6.07) is 13.5. The van der Waals surface area contributed by atoms with Crippen LogP contribution in [0, 0.1) is 17.7 Å². The van der Waals surface area contributed by atoms with Crippen LogP contribution >= 0.6 is 11.6 Å². The molecule has 29 heavy (non-hydrogen) atoms. The molecule has 2 aliphatic rings. The average Bonchev–Trinajstić information content (AvgIpc) is 2.68. The lowest BCUT2D eigenvalue weighted by Crippen LogP contribution is -2.60. The Morgan fingerprint density at radius 2 is 1.83 bits per heavy atom. The quantitative estimate of drug-likeness (QED) is 0.674. The Morgan fingerprint density at radius 3 is 2.52 bits per heavy atom. The third-order valence-electron chi connectivity index (χ3n) is 6.57. The van der Waals surface area contributed by atoms with Crippen molar-refractivity contribution >= 4 is 17.5 Å². The topological polar surface area (TPSA) is 38.3 Å². The highest BCUT2D eigenvalue weighted by Gasteiger charge is 2.49. The molecule has 1 aliphatic carbocycles. The van der Waals surface area contributed by atoms with Crippen LogP contribution in [0.2, 0.25) is 5.02 Å². The first-order chi connectivity index (χ1) is 13.8. The number of amides is 1. The Balaban J connectivity index is 1.61. The molecule has 0 aromatic heterocycles. The maximum absolute atomic E-state index is 13.3. The van der Waals surface area contributed by atoms with Crippen LogP contribution in [-0.2, 0) is 4.74 Å². The number of carbonyl (C=O) groups is 1. The average molecular weight is 416 g/mol. The van der Waals surface area contributed by atoms with Gasteiger partial charge in [-0.25, -0.2) is 4.39 Å². The molecular weight excluding hydrogens is 389 g/mol. The van der Waals surface area contributed by atoms with E-state index in [9.17, 15) is 9.18 Å². The highest BCUT2D eigenvalue weighted by molar-refractivity contribution is 6.30. The molecule has 0 spiro atoms. The molecule has 2 aromatic rings. The summed E-state index contributed by atoms with van der Waals surface area (Å²) in [4.78, 5) is 13.0. The van der Waals surface area contributed by atoms with Gasteiger partial charge in [0.25, 0.3) is 5.91 Å². The van der Waals surface area contributed by atoms with Gasteiger partial charge in [-0.3, -0.25) is 4.79 Å². The van der Waals surface area contributed by atoms with Crippen molar-refractivity contribution < 1.29 is 13.9 Å². The van der Waals surface area contributed by atoms with Crippen LogP contribution < -0.4 is 5.32 Å². The van der Waals surface area contributed by atoms with Gasteiger partial charge in [0.15, 0.2) is 0 Å². The summed E-state index contributed by atoms with van der Waals surface area (Å²) in [5, 5.41) is 3.98. The zero-order valence-electron chi connectivity index (χ0n) is 16.8. The van der Waals surface area contributed by atoms with Crippen LogP contribution in [0.25, 0.3) is 0 Å². The molecule has 1 heterocycles. The minimum Gasteiger partial charge on any atom is -0.370 e. The number of carbonyl (C=O) groups excluding carboxylic acids is 1. The summed E-state index contributed by atoms with van der Waals surface area (Å²) in [7, 11) is 0. The molecule has 1 N–H and O–H groups in total. The predicted molar refractivity (Wildman–Crippen MR) is 112 cm³/mol. The van der Waals surface area contributed by atoms with E-state index in [1.165, 1.54) is 24.3 Å². The van der Waals surface area contributed by atoms with E-state index in [1.807, 2.05) is 24.3 Å². The van der Waals surface area contributed by atoms with Crippen LogP contribution in [-0.4, -0.2) is 17.6 Å². The van der Waals surface area contributed by atoms with Gasteiger partial charge >= 0.3 is 0 Å². The molecular formula is C24H27ClFNO2. The Labute approximate surface area is 176 Å². The fraction of sp³-hybridized carbons (Fsp3) is 0.458. The van der Waals surface area contributed by atoms with Crippen molar-refractivity contribution in [3.8, 4) is 0 Å². The van der Waals surface area contributed by atoms with E-state index in [-0.39, 0.29) is 29.9 Å². The van der Waals surface area contributed by atoms with Gasteiger partial charge in [0.05, 0.1) is 12.2 Å². The number of hydrogen-bond donors (Lipinski definition) is 1. The molecule has 2 aromatic carbocycles. The molecule has 0 unspecified atom stereocenters. The Bertz CT molecular complexity index is 869. The standard InChI is InChI=1S/C24H27ClFNO2/c1-15-3-12-20-21(13-15)29-22(16-4-8-18(25)9-5-16)14-24(20,2)27-23(28)17-6-10-19(26)11-7-17/h4-11,15,20-22H,3,12-14H2,1-2H3,(H,27,28)/t15-,20-,21-,22-,24-/m0/s1. The zero-order chi connectivity index (χ0) is 20.6. The number of halogens is 2. The van der Waals surface area contributed by atoms with E-state index in [4.69, 9.17) is 16.3 Å². The molecule has 2 fully saturated rings. The second-order valence-electron chi connectivity index (χ2n) is 8.82. The van der Waals surface area contributed by atoms with Crippen molar-refractivity contribution in [3.63, 3.8) is 0 Å². The van der Waals surface area contributed by atoms with Crippen molar-refractivity contribution in [2.24, 2.45) is 11.8 Å². The van der Waals surface area contributed by atoms with Gasteiger partial charge < -0.3 is 10.1 Å². The van der Waals surface area contributed by atoms with Gasteiger partial charge in [-0.2, -0.15) is 0 Å². The number of rotatable bonds is 3. The summed E-state index contributed by atoms with van der Waals surface area (Å²) >= 11 is 6.06. The lowest BCUT2D eigenvalue weighted by atomic mass is 9.66. The fourth-order valence-electron chi connectivity index (χ4n) is 4.95. The molecule has 0 radical (unpaired) electrons. The molecule has 1 saturated carbocycles. The van der Waals surface area contributed by atoms with Crippen LogP contribution in [0.1, 0.15) is 61.6 Å². The van der Waals surface area contributed by atoms with Gasteiger partial charge in [0, 0.05) is 28.5 Å². The minimum atomic E-state index is -0.404. The highest BCUT2D eigenvalue weighted by Crippen LogP contribution is 2.48. The zero-order valence-corrected chi connectivity index (χ0v) is 17.6. The van der Waals surface area contributed by atoms with Crippen molar-refractivity contribution in [3.05, 3.63) is 70.5 Å². The summed E-state index contributed by atoms with van der Waals surface area (Å²) in [5.74, 6) is 0.355. The number of nitrogens with one attached hydrogen (secondary N) is 1. The summed E-state index contributed by atoms with van der Waals surface area (Å²) in [6.45, 7) is 4.40. The Kier molecular flexibility index (Phi) is 5.67. The SMILES string of the molecule is C[C@H]1CC[C@H]2[C@H](C1)O[C@H](c1ccc(Cl)cc1)C[C@]2(C)NC(=O)c1ccc(F)cc1. The van der Waals surface area contributed by atoms with Gasteiger partial charge in [-0.15, -0.1) is 0 Å². The lowest BCUT2D eigenvalue weighted by molar-refractivity contribution is -0.144. The summed E-state index contributed by atoms with van der Waals surface area (Å²) in [6.07, 6.45) is 3.86. The molecule has 1 amide bonds. The second kappa shape index (κ2) is 8.08. The maximum atomic E-state index is 13.3. The minimum absolute atomic E-state index is 0.0997. The maximum Gasteiger partial charge on any atom is 0.251 e. The molecule has 5 heteroatoms. The van der Waals surface area contributed by atoms with Crippen molar-refractivity contribution in [2.75, 3.05) is 0 Å². The van der Waals surface area contributed by atoms with E-state index >= 15 is 0 Å². The van der Waals surface area contributed by atoms with Crippen molar-refractivity contribution in [2.45, 2.75) is 57.3 Å². The van der Waals surface area contributed by atoms with Gasteiger partial charge in [-0.05, 0) is 67.6 Å². The van der Waals surface area contributed by atoms with Crippen LogP contribution in [0.3, 0.4) is 0 Å². The Morgan fingerprint density at radius 1 is 1.14 bits per heavy atom. The molecule has 5 atom stereocenters. The van der Waals surface area contributed by atoms with Crippen LogP contribution in [0.15, 0.2) is 48.5 Å². The molecule has 1 saturated heterocycles. The van der Waals surface area contributed by atoms with Crippen LogP contribution in [0.5, 0.6) is 0 Å². The van der Waals surface area contributed by atoms with E-state index < -0.39 is 5.54 Å². The number of ether oxygens (including phenoxy) is 1. The fourth-order valence-corrected chi connectivity index (χ4v) is 5.08. The molecule has 1 aliphatic heterocycles. The van der Waals surface area contributed by atoms with Gasteiger partial charge in [0.2, 0.25) is 0 Å². The monoisotopic (exact) mass is 415 g/mol. The summed E-state index contributed by atoms with van der Waals surface area (Å²) in [5.41, 5.74) is 1.15. The first-order valence-electron chi connectivity index (χ1n) is 10.3. The normalized spacial score (nSPS) is 31.7. The Hall–Kier alpha value is -1.91. The largest absolute Gasteiger partial charge is 0.370 e.